The van der Waals surface area contributed by atoms with E-state index < -0.39 is 16.6 Å². The van der Waals surface area contributed by atoms with Crippen molar-refractivity contribution < 1.29 is 14.1 Å². The van der Waals surface area contributed by atoms with Gasteiger partial charge in [-0.05, 0) is 37.8 Å². The van der Waals surface area contributed by atoms with Crippen molar-refractivity contribution in [2.45, 2.75) is 31.7 Å². The molecule has 114 valence electrons. The number of likely N-dealkylation sites (tertiary alicyclic amines) is 1. The maximum Gasteiger partial charge on any atom is 0.282 e. The van der Waals surface area contributed by atoms with E-state index in [2.05, 4.69) is 0 Å². The lowest BCUT2D eigenvalue weighted by atomic mass is 9.98. The van der Waals surface area contributed by atoms with Gasteiger partial charge in [-0.25, -0.2) is 4.39 Å². The fraction of sp³-hybridized carbons (Fsp3) is 0.500. The predicted octanol–water partition coefficient (Wildman–Crippen LogP) is 3.36. The molecule has 1 aliphatic heterocycles. The highest BCUT2D eigenvalue weighted by atomic mass is 35.5. The molecule has 1 atom stereocenters. The zero-order valence-electron chi connectivity index (χ0n) is 11.4. The summed E-state index contributed by atoms with van der Waals surface area (Å²) < 4.78 is 13.4. The average Bonchev–Trinajstić information content (AvgIpc) is 2.47. The fourth-order valence-electron chi connectivity index (χ4n) is 2.69. The van der Waals surface area contributed by atoms with Crippen LogP contribution in [-0.4, -0.2) is 34.2 Å². The molecule has 1 unspecified atom stereocenters. The van der Waals surface area contributed by atoms with Crippen LogP contribution in [0.3, 0.4) is 0 Å². The Morgan fingerprint density at radius 1 is 1.48 bits per heavy atom. The maximum atomic E-state index is 13.4. The lowest BCUT2D eigenvalue weighted by molar-refractivity contribution is -0.385. The summed E-state index contributed by atoms with van der Waals surface area (Å²) in [7, 11) is 0. The number of hydrogen-bond acceptors (Lipinski definition) is 3. The number of amides is 1. The molecule has 0 N–H and O–H groups in total. The lowest BCUT2D eigenvalue weighted by Gasteiger charge is -2.35. The Bertz CT molecular complexity index is 551. The van der Waals surface area contributed by atoms with Gasteiger partial charge in [-0.1, -0.05) is 0 Å². The summed E-state index contributed by atoms with van der Waals surface area (Å²) in [5.74, 6) is -0.731. The molecule has 1 aromatic carbocycles. The van der Waals surface area contributed by atoms with Gasteiger partial charge in [-0.3, -0.25) is 14.9 Å². The second kappa shape index (κ2) is 6.85. The molecule has 0 aliphatic carbocycles. The summed E-state index contributed by atoms with van der Waals surface area (Å²) in [4.78, 5) is 24.5. The van der Waals surface area contributed by atoms with Gasteiger partial charge >= 0.3 is 0 Å². The second-order valence-electron chi connectivity index (χ2n) is 5.04. The van der Waals surface area contributed by atoms with Crippen LogP contribution in [0.4, 0.5) is 10.1 Å². The van der Waals surface area contributed by atoms with E-state index in [1.165, 1.54) is 0 Å². The molecular weight excluding hydrogens is 299 g/mol. The van der Waals surface area contributed by atoms with E-state index >= 15 is 0 Å². The molecule has 1 saturated heterocycles. The third-order valence-corrected chi connectivity index (χ3v) is 3.93. The van der Waals surface area contributed by atoms with Crippen LogP contribution in [0.25, 0.3) is 0 Å². The first-order chi connectivity index (χ1) is 10.0. The third kappa shape index (κ3) is 3.50. The fourth-order valence-corrected chi connectivity index (χ4v) is 2.94. The molecule has 0 radical (unpaired) electrons. The molecule has 5 nitrogen and oxygen atoms in total. The number of hydrogen-bond donors (Lipinski definition) is 0. The summed E-state index contributed by atoms with van der Waals surface area (Å²) in [5.41, 5.74) is -0.557. The van der Waals surface area contributed by atoms with E-state index in [9.17, 15) is 19.3 Å². The smallest absolute Gasteiger partial charge is 0.282 e. The van der Waals surface area contributed by atoms with Crippen LogP contribution in [0.1, 0.15) is 36.0 Å². The van der Waals surface area contributed by atoms with Gasteiger partial charge in [0.1, 0.15) is 11.4 Å². The van der Waals surface area contributed by atoms with Gasteiger partial charge in [0.2, 0.25) is 0 Å². The number of carbonyl (C=O) groups is 1. The zero-order valence-corrected chi connectivity index (χ0v) is 12.2. The van der Waals surface area contributed by atoms with Crippen molar-refractivity contribution in [3.63, 3.8) is 0 Å². The van der Waals surface area contributed by atoms with Crippen molar-refractivity contribution in [3.8, 4) is 0 Å². The van der Waals surface area contributed by atoms with Crippen molar-refractivity contribution >= 4 is 23.2 Å². The lowest BCUT2D eigenvalue weighted by Crippen LogP contribution is -2.44. The Balaban J connectivity index is 2.33. The first-order valence-corrected chi connectivity index (χ1v) is 7.39. The number of nitro groups is 1. The molecular formula is C14H16ClFN2O3. The molecule has 1 fully saturated rings. The minimum absolute atomic E-state index is 0.0355. The van der Waals surface area contributed by atoms with E-state index in [1.807, 2.05) is 0 Å². The van der Waals surface area contributed by atoms with Crippen molar-refractivity contribution in [2.75, 3.05) is 12.4 Å². The summed E-state index contributed by atoms with van der Waals surface area (Å²) in [6.45, 7) is 0.522. The molecule has 1 aromatic rings. The Morgan fingerprint density at radius 2 is 2.24 bits per heavy atom. The zero-order chi connectivity index (χ0) is 15.4. The van der Waals surface area contributed by atoms with Gasteiger partial charge in [0, 0.05) is 24.5 Å². The second-order valence-corrected chi connectivity index (χ2v) is 5.42. The molecule has 0 bridgehead atoms. The van der Waals surface area contributed by atoms with Crippen LogP contribution < -0.4 is 0 Å². The quantitative estimate of drug-likeness (QED) is 0.486. The highest BCUT2D eigenvalue weighted by Crippen LogP contribution is 2.26. The first kappa shape index (κ1) is 15.7. The van der Waals surface area contributed by atoms with Crippen molar-refractivity contribution in [2.24, 2.45) is 0 Å². The number of nitrogens with zero attached hydrogens (tertiary/aromatic N) is 2. The van der Waals surface area contributed by atoms with Gasteiger partial charge < -0.3 is 4.90 Å². The summed E-state index contributed by atoms with van der Waals surface area (Å²) in [6, 6.07) is 2.92. The van der Waals surface area contributed by atoms with E-state index in [-0.39, 0.29) is 17.3 Å². The molecule has 0 saturated carbocycles. The van der Waals surface area contributed by atoms with E-state index in [1.54, 1.807) is 4.90 Å². The number of piperidine rings is 1. The van der Waals surface area contributed by atoms with Crippen LogP contribution >= 0.6 is 11.6 Å². The Kier molecular flexibility index (Phi) is 5.12. The van der Waals surface area contributed by atoms with Gasteiger partial charge in [-0.15, -0.1) is 11.6 Å². The minimum atomic E-state index is -0.660. The predicted molar refractivity (Wildman–Crippen MR) is 77.1 cm³/mol. The molecule has 1 aliphatic rings. The normalized spacial score (nSPS) is 18.6. The molecule has 1 heterocycles. The van der Waals surface area contributed by atoms with E-state index in [4.69, 9.17) is 11.6 Å². The van der Waals surface area contributed by atoms with Crippen LogP contribution in [-0.2, 0) is 0 Å². The standard InChI is InChI=1S/C14H16ClFN2O3/c15-7-6-11-3-1-2-8-17(11)14(19)12-9-10(16)4-5-13(12)18(20)21/h4-5,9,11H,1-3,6-8H2. The monoisotopic (exact) mass is 314 g/mol. The highest BCUT2D eigenvalue weighted by Gasteiger charge is 2.31. The molecule has 0 spiro atoms. The highest BCUT2D eigenvalue weighted by molar-refractivity contribution is 6.17. The number of carbonyl (C=O) groups excluding carboxylic acids is 1. The molecule has 0 aromatic heterocycles. The summed E-state index contributed by atoms with van der Waals surface area (Å²) in [5, 5.41) is 11.0. The largest absolute Gasteiger partial charge is 0.335 e. The van der Waals surface area contributed by atoms with Gasteiger partial charge in [-0.2, -0.15) is 0 Å². The van der Waals surface area contributed by atoms with Crippen LogP contribution in [0, 0.1) is 15.9 Å². The topological polar surface area (TPSA) is 63.4 Å². The van der Waals surface area contributed by atoms with Crippen LogP contribution in [0.2, 0.25) is 0 Å². The SMILES string of the molecule is O=C(c1cc(F)ccc1[N+](=O)[O-])N1CCCCC1CCCl. The summed E-state index contributed by atoms with van der Waals surface area (Å²) >= 11 is 5.75. The van der Waals surface area contributed by atoms with Gasteiger partial charge in [0.25, 0.3) is 11.6 Å². The Labute approximate surface area is 126 Å². The molecule has 2 rings (SSSR count). The minimum Gasteiger partial charge on any atom is -0.335 e. The number of rotatable bonds is 4. The van der Waals surface area contributed by atoms with Crippen molar-refractivity contribution in [1.29, 1.82) is 0 Å². The van der Waals surface area contributed by atoms with Gasteiger partial charge in [0.05, 0.1) is 4.92 Å². The van der Waals surface area contributed by atoms with Crippen molar-refractivity contribution in [3.05, 3.63) is 39.7 Å². The molecule has 21 heavy (non-hydrogen) atoms. The Morgan fingerprint density at radius 3 is 2.90 bits per heavy atom. The Hall–Kier alpha value is -1.69. The summed E-state index contributed by atoms with van der Waals surface area (Å²) in [6.07, 6.45) is 3.29. The van der Waals surface area contributed by atoms with Crippen molar-refractivity contribution in [1.82, 2.24) is 4.90 Å². The number of benzene rings is 1. The maximum absolute atomic E-state index is 13.4. The number of alkyl halides is 1. The van der Waals surface area contributed by atoms with Crippen LogP contribution in [0.5, 0.6) is 0 Å². The van der Waals surface area contributed by atoms with E-state index in [0.29, 0.717) is 18.8 Å². The first-order valence-electron chi connectivity index (χ1n) is 6.85. The molecule has 7 heteroatoms. The van der Waals surface area contributed by atoms with Gasteiger partial charge in [0.15, 0.2) is 0 Å². The average molecular weight is 315 g/mol. The number of halogens is 2. The number of nitro benzene ring substituents is 1. The van der Waals surface area contributed by atoms with E-state index in [0.717, 1.165) is 37.5 Å². The van der Waals surface area contributed by atoms with Crippen LogP contribution in [0.15, 0.2) is 18.2 Å². The molecule has 1 amide bonds. The third-order valence-electron chi connectivity index (χ3n) is 3.72.